The van der Waals surface area contributed by atoms with Crippen LogP contribution in [0.2, 0.25) is 0 Å². The molecule has 1 amide bonds. The van der Waals surface area contributed by atoms with E-state index in [1.54, 1.807) is 12.1 Å². The molecule has 0 radical (unpaired) electrons. The van der Waals surface area contributed by atoms with E-state index >= 15 is 0 Å². The van der Waals surface area contributed by atoms with E-state index in [0.29, 0.717) is 12.1 Å². The number of hydrogen-bond acceptors (Lipinski definition) is 2. The maximum absolute atomic E-state index is 12.2. The quantitative estimate of drug-likeness (QED) is 0.471. The average molecular weight is 338 g/mol. The van der Waals surface area contributed by atoms with Crippen LogP contribution in [0.5, 0.6) is 0 Å². The molecule has 6 heteroatoms. The largest absolute Gasteiger partial charge is 0.333 e. The number of alkyl halides is 3. The van der Waals surface area contributed by atoms with Crippen molar-refractivity contribution in [3.8, 4) is 0 Å². The van der Waals surface area contributed by atoms with Crippen LogP contribution in [0, 0.1) is 6.92 Å². The first-order chi connectivity index (χ1) is 9.34. The highest BCUT2D eigenvalue weighted by Crippen LogP contribution is 2.29. The van der Waals surface area contributed by atoms with Crippen molar-refractivity contribution in [3.05, 3.63) is 35.4 Å². The first-order valence-corrected chi connectivity index (χ1v) is 7.65. The Kier molecular flexibility index (Phi) is 7.10. The second-order valence-electron chi connectivity index (χ2n) is 4.63. The lowest BCUT2D eigenvalue weighted by Crippen LogP contribution is -2.53. The van der Waals surface area contributed by atoms with Crippen molar-refractivity contribution in [2.24, 2.45) is 0 Å². The Bertz CT molecular complexity index is 446. The molecule has 0 fully saturated rings. The van der Waals surface area contributed by atoms with Gasteiger partial charge < -0.3 is 5.32 Å². The van der Waals surface area contributed by atoms with Crippen LogP contribution in [0.15, 0.2) is 24.3 Å². The van der Waals surface area contributed by atoms with E-state index in [1.165, 1.54) is 0 Å². The van der Waals surface area contributed by atoms with Gasteiger partial charge >= 0.3 is 0 Å². The van der Waals surface area contributed by atoms with E-state index in [1.807, 2.05) is 19.1 Å². The fourth-order valence-corrected chi connectivity index (χ4v) is 2.07. The Labute approximate surface area is 135 Å². The molecular weight excluding hydrogens is 319 g/mol. The number of rotatable bonds is 6. The Morgan fingerprint density at radius 1 is 1.35 bits per heavy atom. The highest BCUT2D eigenvalue weighted by molar-refractivity contribution is 6.68. The molecule has 0 saturated carbocycles. The summed E-state index contributed by atoms with van der Waals surface area (Å²) in [6.45, 7) is 4.66. The number of carbonyl (C=O) groups is 1. The van der Waals surface area contributed by atoms with Crippen molar-refractivity contribution in [2.45, 2.75) is 36.6 Å². The van der Waals surface area contributed by atoms with Crippen LogP contribution in [0.25, 0.3) is 0 Å². The molecule has 0 aliphatic carbocycles. The topological polar surface area (TPSA) is 41.1 Å². The highest BCUT2D eigenvalue weighted by atomic mass is 35.6. The first-order valence-electron chi connectivity index (χ1n) is 6.52. The van der Waals surface area contributed by atoms with Crippen molar-refractivity contribution in [1.29, 1.82) is 0 Å². The minimum absolute atomic E-state index is 0.269. The van der Waals surface area contributed by atoms with Gasteiger partial charge in [-0.2, -0.15) is 0 Å². The summed E-state index contributed by atoms with van der Waals surface area (Å²) >= 11 is 17.7. The van der Waals surface area contributed by atoms with Crippen LogP contribution < -0.4 is 10.6 Å². The van der Waals surface area contributed by atoms with Gasteiger partial charge in [0.25, 0.3) is 5.91 Å². The third kappa shape index (κ3) is 5.88. The van der Waals surface area contributed by atoms with Crippen LogP contribution in [-0.4, -0.2) is 22.4 Å². The van der Waals surface area contributed by atoms with Gasteiger partial charge in [-0.3, -0.25) is 10.1 Å². The summed E-state index contributed by atoms with van der Waals surface area (Å²) in [6, 6.07) is 7.25. The summed E-state index contributed by atoms with van der Waals surface area (Å²) in [5.41, 5.74) is 1.54. The van der Waals surface area contributed by atoms with E-state index in [9.17, 15) is 4.79 Å². The Morgan fingerprint density at radius 2 is 2.05 bits per heavy atom. The van der Waals surface area contributed by atoms with Gasteiger partial charge in [0.05, 0.1) is 0 Å². The van der Waals surface area contributed by atoms with E-state index in [-0.39, 0.29) is 5.91 Å². The second kappa shape index (κ2) is 8.08. The summed E-state index contributed by atoms with van der Waals surface area (Å²) < 4.78 is -1.60. The predicted octanol–water partition coefficient (Wildman–Crippen LogP) is 3.81. The summed E-state index contributed by atoms with van der Waals surface area (Å²) in [7, 11) is 0. The van der Waals surface area contributed by atoms with Gasteiger partial charge in [0.1, 0.15) is 6.17 Å². The third-order valence-electron chi connectivity index (χ3n) is 2.76. The van der Waals surface area contributed by atoms with Gasteiger partial charge in [-0.25, -0.2) is 0 Å². The van der Waals surface area contributed by atoms with E-state index in [4.69, 9.17) is 34.8 Å². The molecule has 1 aromatic carbocycles. The van der Waals surface area contributed by atoms with Gasteiger partial charge in [-0.15, -0.1) is 0 Å². The number of halogens is 3. The minimum atomic E-state index is -1.60. The van der Waals surface area contributed by atoms with Gasteiger partial charge in [0.2, 0.25) is 3.79 Å². The molecule has 0 bridgehead atoms. The summed E-state index contributed by atoms with van der Waals surface area (Å²) in [4.78, 5) is 12.2. The molecule has 1 aromatic rings. The predicted molar refractivity (Wildman–Crippen MR) is 85.6 cm³/mol. The van der Waals surface area contributed by atoms with Crippen molar-refractivity contribution >= 4 is 40.7 Å². The average Bonchev–Trinajstić information content (AvgIpc) is 2.36. The Morgan fingerprint density at radius 3 is 2.60 bits per heavy atom. The van der Waals surface area contributed by atoms with Gasteiger partial charge in [-0.05, 0) is 32.0 Å². The maximum Gasteiger partial charge on any atom is 0.252 e. The zero-order chi connectivity index (χ0) is 15.2. The normalized spacial score (nSPS) is 13.1. The third-order valence-corrected chi connectivity index (χ3v) is 3.42. The molecule has 112 valence electrons. The highest BCUT2D eigenvalue weighted by Gasteiger charge is 2.33. The lowest BCUT2D eigenvalue weighted by atomic mass is 10.1. The summed E-state index contributed by atoms with van der Waals surface area (Å²) in [5.74, 6) is -0.269. The van der Waals surface area contributed by atoms with E-state index < -0.39 is 9.96 Å². The minimum Gasteiger partial charge on any atom is -0.333 e. The van der Waals surface area contributed by atoms with Crippen molar-refractivity contribution < 1.29 is 4.79 Å². The van der Waals surface area contributed by atoms with Crippen LogP contribution >= 0.6 is 34.8 Å². The van der Waals surface area contributed by atoms with Gasteiger partial charge in [-0.1, -0.05) is 65.8 Å². The zero-order valence-electron chi connectivity index (χ0n) is 11.6. The lowest BCUT2D eigenvalue weighted by Gasteiger charge is -2.26. The van der Waals surface area contributed by atoms with Crippen LogP contribution in [0.3, 0.4) is 0 Å². The Hall–Kier alpha value is -0.480. The smallest absolute Gasteiger partial charge is 0.252 e. The zero-order valence-corrected chi connectivity index (χ0v) is 13.8. The number of nitrogens with one attached hydrogen (secondary N) is 2. The molecule has 3 nitrogen and oxygen atoms in total. The fraction of sp³-hybridized carbons (Fsp3) is 0.500. The molecule has 2 N–H and O–H groups in total. The summed E-state index contributed by atoms with van der Waals surface area (Å²) in [5, 5.41) is 5.76. The number of unbranched alkanes of at least 4 members (excludes halogenated alkanes) is 1. The van der Waals surface area contributed by atoms with Crippen LogP contribution in [0.1, 0.15) is 35.7 Å². The van der Waals surface area contributed by atoms with Crippen LogP contribution in [-0.2, 0) is 0 Å². The number of benzene rings is 1. The van der Waals surface area contributed by atoms with E-state index in [2.05, 4.69) is 17.6 Å². The second-order valence-corrected chi connectivity index (χ2v) is 6.99. The van der Waals surface area contributed by atoms with Gasteiger partial charge in [0, 0.05) is 5.56 Å². The molecule has 0 aliphatic rings. The molecule has 1 atom stereocenters. The van der Waals surface area contributed by atoms with Gasteiger partial charge in [0.15, 0.2) is 0 Å². The monoisotopic (exact) mass is 336 g/mol. The molecule has 1 rings (SSSR count). The SMILES string of the molecule is CCCCN[C@@H](NC(=O)c1cccc(C)c1)C(Cl)(Cl)Cl. The fourth-order valence-electron chi connectivity index (χ4n) is 1.67. The molecular formula is C14H19Cl3N2O. The van der Waals surface area contributed by atoms with Crippen molar-refractivity contribution in [2.75, 3.05) is 6.54 Å². The first kappa shape index (κ1) is 17.6. The van der Waals surface area contributed by atoms with E-state index in [0.717, 1.165) is 18.4 Å². The molecule has 20 heavy (non-hydrogen) atoms. The molecule has 0 heterocycles. The van der Waals surface area contributed by atoms with Crippen LogP contribution in [0.4, 0.5) is 0 Å². The molecule has 0 saturated heterocycles. The molecule has 0 unspecified atom stereocenters. The number of aryl methyl sites for hydroxylation is 1. The molecule has 0 spiro atoms. The summed E-state index contributed by atoms with van der Waals surface area (Å²) in [6.07, 6.45) is 1.23. The lowest BCUT2D eigenvalue weighted by molar-refractivity contribution is 0.0929. The molecule has 0 aliphatic heterocycles. The number of carbonyl (C=O) groups excluding carboxylic acids is 1. The Balaban J connectivity index is 2.71. The number of hydrogen-bond donors (Lipinski definition) is 2. The maximum atomic E-state index is 12.2. The number of amides is 1. The van der Waals surface area contributed by atoms with Crippen molar-refractivity contribution in [3.63, 3.8) is 0 Å². The standard InChI is InChI=1S/C14H19Cl3N2O/c1-3-4-8-18-13(14(15,16)17)19-12(20)11-7-5-6-10(2)9-11/h5-7,9,13,18H,3-4,8H2,1-2H3,(H,19,20)/t13-/m0/s1. The molecule has 0 aromatic heterocycles. The van der Waals surface area contributed by atoms with Crippen molar-refractivity contribution in [1.82, 2.24) is 10.6 Å².